The largest absolute Gasteiger partial charge is 0.497 e. The van der Waals surface area contributed by atoms with Crippen molar-refractivity contribution in [3.05, 3.63) is 114 Å². The van der Waals surface area contributed by atoms with Gasteiger partial charge in [-0.25, -0.2) is 5.48 Å². The summed E-state index contributed by atoms with van der Waals surface area (Å²) < 4.78 is 11.6. The van der Waals surface area contributed by atoms with E-state index in [1.54, 1.807) is 30.9 Å². The third-order valence-corrected chi connectivity index (χ3v) is 6.22. The number of carbonyl (C=O) groups excluding carboxylic acids is 1. The molecule has 3 N–H and O–H groups in total. The highest BCUT2D eigenvalue weighted by atomic mass is 16.5. The number of hydroxylamine groups is 1. The minimum Gasteiger partial charge on any atom is -0.497 e. The van der Waals surface area contributed by atoms with Crippen molar-refractivity contribution in [3.63, 3.8) is 0 Å². The smallest absolute Gasteiger partial charge is 0.274 e. The minimum atomic E-state index is -0.554. The van der Waals surface area contributed by atoms with Crippen molar-refractivity contribution in [1.82, 2.24) is 10.5 Å². The molecule has 0 bridgehead atoms. The molecule has 4 aromatic carbocycles. The van der Waals surface area contributed by atoms with Crippen LogP contribution in [0.5, 0.6) is 11.5 Å². The fourth-order valence-electron chi connectivity index (χ4n) is 4.22. The zero-order valence-corrected chi connectivity index (χ0v) is 20.8. The van der Waals surface area contributed by atoms with E-state index in [1.165, 1.54) is 0 Å². The number of hydrogen-bond donors (Lipinski definition) is 3. The van der Waals surface area contributed by atoms with Gasteiger partial charge in [-0.3, -0.25) is 15.0 Å². The van der Waals surface area contributed by atoms with Gasteiger partial charge in [0.15, 0.2) is 0 Å². The maximum atomic E-state index is 11.7. The van der Waals surface area contributed by atoms with Crippen LogP contribution in [0.15, 0.2) is 103 Å². The van der Waals surface area contributed by atoms with Gasteiger partial charge in [-0.15, -0.1) is 0 Å². The molecule has 1 aromatic heterocycles. The number of anilines is 1. The Kier molecular flexibility index (Phi) is 7.47. The normalized spacial score (nSPS) is 11.4. The Hall–Kier alpha value is -4.88. The zero-order chi connectivity index (χ0) is 26.3. The monoisotopic (exact) mass is 505 g/mol. The first kappa shape index (κ1) is 24.8. The van der Waals surface area contributed by atoms with Crippen LogP contribution >= 0.6 is 0 Å². The Morgan fingerprint density at radius 2 is 1.76 bits per heavy atom. The summed E-state index contributed by atoms with van der Waals surface area (Å²) in [6.07, 6.45) is 3.83. The topological polar surface area (TPSA) is 92.7 Å². The second kappa shape index (κ2) is 11.5. The average molecular weight is 506 g/mol. The van der Waals surface area contributed by atoms with E-state index >= 15 is 0 Å². The lowest BCUT2D eigenvalue weighted by Crippen LogP contribution is -2.18. The van der Waals surface area contributed by atoms with Gasteiger partial charge in [-0.05, 0) is 59.0 Å². The standard InChI is InChI=1S/C31H27N3O4/c1-37-27-13-14-29-25(17-27)16-26(19-33-29)32-18-22(15-21-9-11-24(12-10-21)31(35)34-36)20-38-30-8-4-6-23-5-2-3-7-28(23)30/h2-17,19,32,36H,18,20H2,1H3,(H,34,35)/b22-15-. The van der Waals surface area contributed by atoms with Gasteiger partial charge >= 0.3 is 0 Å². The van der Waals surface area contributed by atoms with Gasteiger partial charge in [-0.1, -0.05) is 54.6 Å². The lowest BCUT2D eigenvalue weighted by molar-refractivity contribution is 0.0706. The number of methoxy groups -OCH3 is 1. The molecule has 38 heavy (non-hydrogen) atoms. The Morgan fingerprint density at radius 3 is 2.58 bits per heavy atom. The van der Waals surface area contributed by atoms with Gasteiger partial charge in [0.05, 0.1) is 24.5 Å². The van der Waals surface area contributed by atoms with Crippen molar-refractivity contribution in [2.45, 2.75) is 0 Å². The average Bonchev–Trinajstić information content (AvgIpc) is 2.98. The number of benzene rings is 4. The van der Waals surface area contributed by atoms with Crippen molar-refractivity contribution in [2.24, 2.45) is 0 Å². The van der Waals surface area contributed by atoms with Crippen LogP contribution in [0.1, 0.15) is 15.9 Å². The molecule has 0 fully saturated rings. The van der Waals surface area contributed by atoms with Gasteiger partial charge in [0, 0.05) is 22.9 Å². The summed E-state index contributed by atoms with van der Waals surface area (Å²) in [5, 5.41) is 15.5. The molecule has 0 saturated carbocycles. The SMILES string of the molecule is COc1ccc2ncc(NC/C(=C/c3ccc(C(=O)NO)cc3)COc3cccc4ccccc34)cc2c1. The summed E-state index contributed by atoms with van der Waals surface area (Å²) in [5.41, 5.74) is 5.67. The number of nitrogens with zero attached hydrogens (tertiary/aromatic N) is 1. The third-order valence-electron chi connectivity index (χ3n) is 6.22. The summed E-state index contributed by atoms with van der Waals surface area (Å²) in [7, 11) is 1.65. The van der Waals surface area contributed by atoms with Crippen molar-refractivity contribution < 1.29 is 19.5 Å². The summed E-state index contributed by atoms with van der Waals surface area (Å²) in [6, 6.07) is 28.9. The molecular weight excluding hydrogens is 478 g/mol. The molecule has 0 aliphatic heterocycles. The lowest BCUT2D eigenvalue weighted by atomic mass is 10.1. The summed E-state index contributed by atoms with van der Waals surface area (Å²) >= 11 is 0. The van der Waals surface area contributed by atoms with Gasteiger partial charge < -0.3 is 14.8 Å². The van der Waals surface area contributed by atoms with Crippen LogP contribution in [-0.4, -0.2) is 36.4 Å². The molecule has 0 unspecified atom stereocenters. The number of ether oxygens (including phenoxy) is 2. The first-order valence-corrected chi connectivity index (χ1v) is 12.1. The van der Waals surface area contributed by atoms with Crippen molar-refractivity contribution in [3.8, 4) is 11.5 Å². The highest BCUT2D eigenvalue weighted by molar-refractivity contribution is 5.93. The van der Waals surface area contributed by atoms with Crippen LogP contribution < -0.4 is 20.3 Å². The molecular formula is C31H27N3O4. The van der Waals surface area contributed by atoms with Crippen LogP contribution in [0.4, 0.5) is 5.69 Å². The number of fused-ring (bicyclic) bond motifs is 2. The van der Waals surface area contributed by atoms with Gasteiger partial charge in [0.2, 0.25) is 0 Å². The predicted octanol–water partition coefficient (Wildman–Crippen LogP) is 6.09. The summed E-state index contributed by atoms with van der Waals surface area (Å²) in [6.45, 7) is 0.871. The fourth-order valence-corrected chi connectivity index (χ4v) is 4.22. The number of rotatable bonds is 9. The number of pyridine rings is 1. The van der Waals surface area contributed by atoms with Crippen LogP contribution in [-0.2, 0) is 0 Å². The number of carbonyl (C=O) groups is 1. The number of aromatic nitrogens is 1. The highest BCUT2D eigenvalue weighted by Gasteiger charge is 2.07. The first-order valence-electron chi connectivity index (χ1n) is 12.1. The zero-order valence-electron chi connectivity index (χ0n) is 20.8. The second-order valence-corrected chi connectivity index (χ2v) is 8.77. The molecule has 0 aliphatic rings. The molecule has 0 aliphatic carbocycles. The van der Waals surface area contributed by atoms with Crippen molar-refractivity contribution in [2.75, 3.05) is 25.6 Å². The number of amides is 1. The van der Waals surface area contributed by atoms with E-state index in [0.29, 0.717) is 18.7 Å². The molecule has 5 rings (SSSR count). The van der Waals surface area contributed by atoms with Gasteiger partial charge in [0.1, 0.15) is 18.1 Å². The van der Waals surface area contributed by atoms with E-state index in [-0.39, 0.29) is 0 Å². The Balaban J connectivity index is 1.39. The molecule has 0 spiro atoms. The van der Waals surface area contributed by atoms with Crippen LogP contribution in [0, 0.1) is 0 Å². The minimum absolute atomic E-state index is 0.356. The third kappa shape index (κ3) is 5.74. The quantitative estimate of drug-likeness (QED) is 0.166. The Labute approximate surface area is 220 Å². The van der Waals surface area contributed by atoms with E-state index in [9.17, 15) is 4.79 Å². The van der Waals surface area contributed by atoms with E-state index in [1.807, 2.05) is 72.8 Å². The number of nitrogens with one attached hydrogen (secondary N) is 2. The van der Waals surface area contributed by atoms with Crippen molar-refractivity contribution in [1.29, 1.82) is 0 Å². The maximum absolute atomic E-state index is 11.7. The molecule has 0 saturated heterocycles. The van der Waals surface area contributed by atoms with E-state index in [2.05, 4.69) is 22.4 Å². The van der Waals surface area contributed by atoms with Gasteiger partial charge in [0.25, 0.3) is 5.91 Å². The molecule has 7 heteroatoms. The first-order chi connectivity index (χ1) is 18.6. The summed E-state index contributed by atoms with van der Waals surface area (Å²) in [4.78, 5) is 16.2. The molecule has 0 radical (unpaired) electrons. The fraction of sp³-hybridized carbons (Fsp3) is 0.0968. The number of hydrogen-bond acceptors (Lipinski definition) is 6. The van der Waals surface area contributed by atoms with E-state index in [0.717, 1.165) is 50.0 Å². The van der Waals surface area contributed by atoms with Crippen LogP contribution in [0.25, 0.3) is 27.8 Å². The highest BCUT2D eigenvalue weighted by Crippen LogP contribution is 2.26. The van der Waals surface area contributed by atoms with Crippen LogP contribution in [0.3, 0.4) is 0 Å². The molecule has 0 atom stereocenters. The molecule has 190 valence electrons. The molecule has 1 heterocycles. The molecule has 5 aromatic rings. The van der Waals surface area contributed by atoms with Crippen LogP contribution in [0.2, 0.25) is 0 Å². The van der Waals surface area contributed by atoms with E-state index < -0.39 is 5.91 Å². The Morgan fingerprint density at radius 1 is 0.947 bits per heavy atom. The van der Waals surface area contributed by atoms with Gasteiger partial charge in [-0.2, -0.15) is 0 Å². The maximum Gasteiger partial charge on any atom is 0.274 e. The van der Waals surface area contributed by atoms with Crippen molar-refractivity contribution >= 4 is 39.3 Å². The molecule has 7 nitrogen and oxygen atoms in total. The van der Waals surface area contributed by atoms with E-state index in [4.69, 9.17) is 14.7 Å². The second-order valence-electron chi connectivity index (χ2n) is 8.77. The molecule has 1 amide bonds. The predicted molar refractivity (Wildman–Crippen MR) is 150 cm³/mol. The Bertz CT molecular complexity index is 1610. The summed E-state index contributed by atoms with van der Waals surface area (Å²) in [5.74, 6) is 1.03. The lowest BCUT2D eigenvalue weighted by Gasteiger charge is -2.14.